The minimum atomic E-state index is -1.20. The number of nitrogens with zero attached hydrogens (tertiary/aromatic N) is 2. The molecule has 0 spiro atoms. The van der Waals surface area contributed by atoms with Gasteiger partial charge in [-0.15, -0.1) is 0 Å². The predicted molar refractivity (Wildman–Crippen MR) is 77.3 cm³/mol. The number of carboxylic acid groups (broad SMARTS) is 1. The fraction of sp³-hybridized carbons (Fsp3) is 0.267. The van der Waals surface area contributed by atoms with Crippen LogP contribution in [-0.2, 0) is 6.54 Å². The van der Waals surface area contributed by atoms with Crippen LogP contribution in [0.2, 0.25) is 0 Å². The lowest BCUT2D eigenvalue weighted by Crippen LogP contribution is -2.28. The summed E-state index contributed by atoms with van der Waals surface area (Å²) in [5.41, 5.74) is 3.01. The highest BCUT2D eigenvalue weighted by Gasteiger charge is 2.22. The zero-order chi connectivity index (χ0) is 15.6. The van der Waals surface area contributed by atoms with Gasteiger partial charge in [0.1, 0.15) is 0 Å². The second kappa shape index (κ2) is 5.78. The molecule has 1 aromatic carbocycles. The number of carboxylic acids is 1. The number of imidazole rings is 1. The van der Waals surface area contributed by atoms with Crippen molar-refractivity contribution in [1.29, 1.82) is 0 Å². The number of aromatic nitrogens is 2. The van der Waals surface area contributed by atoms with Crippen molar-refractivity contribution in [3.8, 4) is 0 Å². The van der Waals surface area contributed by atoms with E-state index < -0.39 is 11.9 Å². The molecular formula is C15H17N3O3. The largest absolute Gasteiger partial charge is 0.477 e. The van der Waals surface area contributed by atoms with E-state index in [0.717, 1.165) is 16.7 Å². The Kier molecular flexibility index (Phi) is 4.07. The van der Waals surface area contributed by atoms with Crippen LogP contribution in [0.15, 0.2) is 24.5 Å². The summed E-state index contributed by atoms with van der Waals surface area (Å²) in [6.07, 6.45) is 1.21. The van der Waals surface area contributed by atoms with E-state index in [1.165, 1.54) is 11.2 Å². The average molecular weight is 287 g/mol. The Hall–Kier alpha value is -2.63. The van der Waals surface area contributed by atoms with Gasteiger partial charge >= 0.3 is 5.97 Å². The van der Waals surface area contributed by atoms with Gasteiger partial charge in [-0.1, -0.05) is 23.8 Å². The molecule has 0 saturated carbocycles. The SMILES string of the molecule is Cc1ccc(CN(C)C(=O)c2nc[nH]c2C(=O)O)c(C)c1. The highest BCUT2D eigenvalue weighted by Crippen LogP contribution is 2.14. The highest BCUT2D eigenvalue weighted by molar-refractivity contribution is 6.02. The van der Waals surface area contributed by atoms with Gasteiger partial charge in [0, 0.05) is 13.6 Å². The number of aryl methyl sites for hydroxylation is 2. The van der Waals surface area contributed by atoms with Crippen molar-refractivity contribution in [2.75, 3.05) is 7.05 Å². The van der Waals surface area contributed by atoms with Gasteiger partial charge in [0.25, 0.3) is 5.91 Å². The number of H-pyrrole nitrogens is 1. The molecule has 0 saturated heterocycles. The third kappa shape index (κ3) is 3.10. The van der Waals surface area contributed by atoms with E-state index in [1.807, 2.05) is 32.0 Å². The zero-order valence-corrected chi connectivity index (χ0v) is 12.2. The Morgan fingerprint density at radius 3 is 2.67 bits per heavy atom. The second-order valence-electron chi connectivity index (χ2n) is 5.02. The van der Waals surface area contributed by atoms with E-state index in [1.54, 1.807) is 7.05 Å². The molecule has 110 valence electrons. The first-order valence-corrected chi connectivity index (χ1v) is 6.48. The molecule has 6 heteroatoms. The highest BCUT2D eigenvalue weighted by atomic mass is 16.4. The van der Waals surface area contributed by atoms with Gasteiger partial charge in [-0.25, -0.2) is 9.78 Å². The smallest absolute Gasteiger partial charge is 0.354 e. The van der Waals surface area contributed by atoms with E-state index in [2.05, 4.69) is 9.97 Å². The fourth-order valence-corrected chi connectivity index (χ4v) is 2.15. The first-order chi connectivity index (χ1) is 9.90. The minimum Gasteiger partial charge on any atom is -0.477 e. The quantitative estimate of drug-likeness (QED) is 0.900. The molecule has 0 fully saturated rings. The number of carbonyl (C=O) groups excluding carboxylic acids is 1. The first-order valence-electron chi connectivity index (χ1n) is 6.48. The van der Waals surface area contributed by atoms with E-state index in [0.29, 0.717) is 6.54 Å². The Morgan fingerprint density at radius 2 is 2.05 bits per heavy atom. The molecule has 0 unspecified atom stereocenters. The number of amides is 1. The number of benzene rings is 1. The van der Waals surface area contributed by atoms with Crippen molar-refractivity contribution in [1.82, 2.24) is 14.9 Å². The van der Waals surface area contributed by atoms with Crippen LogP contribution in [0.5, 0.6) is 0 Å². The van der Waals surface area contributed by atoms with Gasteiger partial charge < -0.3 is 15.0 Å². The maximum atomic E-state index is 12.3. The van der Waals surface area contributed by atoms with Gasteiger partial charge in [-0.2, -0.15) is 0 Å². The van der Waals surface area contributed by atoms with Crippen LogP contribution >= 0.6 is 0 Å². The van der Waals surface area contributed by atoms with E-state index >= 15 is 0 Å². The predicted octanol–water partition coefficient (Wildman–Crippen LogP) is 2.00. The van der Waals surface area contributed by atoms with Crippen LogP contribution in [0.1, 0.15) is 37.7 Å². The number of nitrogens with one attached hydrogen (secondary N) is 1. The van der Waals surface area contributed by atoms with Crippen LogP contribution in [0.25, 0.3) is 0 Å². The van der Waals surface area contributed by atoms with Crippen LogP contribution in [0.3, 0.4) is 0 Å². The summed E-state index contributed by atoms with van der Waals surface area (Å²) >= 11 is 0. The molecule has 0 bridgehead atoms. The summed E-state index contributed by atoms with van der Waals surface area (Å²) in [5, 5.41) is 9.01. The molecule has 1 heterocycles. The van der Waals surface area contributed by atoms with Gasteiger partial charge in [0.2, 0.25) is 0 Å². The lowest BCUT2D eigenvalue weighted by atomic mass is 10.1. The lowest BCUT2D eigenvalue weighted by Gasteiger charge is -2.18. The third-order valence-electron chi connectivity index (χ3n) is 3.31. The molecule has 0 radical (unpaired) electrons. The van der Waals surface area contributed by atoms with Crippen LogP contribution in [0, 0.1) is 13.8 Å². The van der Waals surface area contributed by atoms with Crippen LogP contribution < -0.4 is 0 Å². The van der Waals surface area contributed by atoms with Gasteiger partial charge in [0.05, 0.1) is 6.33 Å². The first kappa shape index (κ1) is 14.8. The topological polar surface area (TPSA) is 86.3 Å². The number of hydrogen-bond acceptors (Lipinski definition) is 3. The Labute approximate surface area is 122 Å². The molecule has 2 N–H and O–H groups in total. The summed E-state index contributed by atoms with van der Waals surface area (Å²) in [6, 6.07) is 6.00. The van der Waals surface area contributed by atoms with Crippen LogP contribution in [-0.4, -0.2) is 38.9 Å². The summed E-state index contributed by atoms with van der Waals surface area (Å²) < 4.78 is 0. The Balaban J connectivity index is 2.20. The molecule has 0 aliphatic heterocycles. The van der Waals surface area contributed by atoms with E-state index in [4.69, 9.17) is 5.11 Å². The van der Waals surface area contributed by atoms with Crippen molar-refractivity contribution < 1.29 is 14.7 Å². The molecule has 1 amide bonds. The number of rotatable bonds is 4. The maximum absolute atomic E-state index is 12.3. The normalized spacial score (nSPS) is 10.4. The Morgan fingerprint density at radius 1 is 1.33 bits per heavy atom. The summed E-state index contributed by atoms with van der Waals surface area (Å²) in [5.74, 6) is -1.62. The number of aromatic carboxylic acids is 1. The second-order valence-corrected chi connectivity index (χ2v) is 5.02. The molecule has 21 heavy (non-hydrogen) atoms. The summed E-state index contributed by atoms with van der Waals surface area (Å²) in [6.45, 7) is 4.39. The molecule has 1 aromatic heterocycles. The van der Waals surface area contributed by atoms with Crippen molar-refractivity contribution >= 4 is 11.9 Å². The number of carbonyl (C=O) groups is 2. The molecule has 0 aliphatic rings. The van der Waals surface area contributed by atoms with Crippen LogP contribution in [0.4, 0.5) is 0 Å². The van der Waals surface area contributed by atoms with Crippen molar-refractivity contribution in [3.05, 3.63) is 52.6 Å². The minimum absolute atomic E-state index is 0.0743. The van der Waals surface area contributed by atoms with Gasteiger partial charge in [-0.05, 0) is 25.0 Å². The Bertz CT molecular complexity index is 691. The standard InChI is InChI=1S/C15H17N3O3/c1-9-4-5-11(10(2)6-9)7-18(3)14(19)12-13(15(20)21)17-8-16-12/h4-6,8H,7H2,1-3H3,(H,16,17)(H,20,21). The zero-order valence-electron chi connectivity index (χ0n) is 12.2. The van der Waals surface area contributed by atoms with Crippen molar-refractivity contribution in [2.24, 2.45) is 0 Å². The molecule has 6 nitrogen and oxygen atoms in total. The molecule has 2 aromatic rings. The van der Waals surface area contributed by atoms with Gasteiger partial charge in [-0.3, -0.25) is 4.79 Å². The van der Waals surface area contributed by atoms with Crippen molar-refractivity contribution in [2.45, 2.75) is 20.4 Å². The third-order valence-corrected chi connectivity index (χ3v) is 3.31. The van der Waals surface area contributed by atoms with E-state index in [9.17, 15) is 9.59 Å². The summed E-state index contributed by atoms with van der Waals surface area (Å²) in [4.78, 5) is 31.0. The maximum Gasteiger partial charge on any atom is 0.354 e. The number of aromatic amines is 1. The van der Waals surface area contributed by atoms with E-state index in [-0.39, 0.29) is 11.4 Å². The average Bonchev–Trinajstić information content (AvgIpc) is 2.90. The molecule has 0 aliphatic carbocycles. The monoisotopic (exact) mass is 287 g/mol. The summed E-state index contributed by atoms with van der Waals surface area (Å²) in [7, 11) is 1.63. The lowest BCUT2D eigenvalue weighted by molar-refractivity contribution is 0.0674. The van der Waals surface area contributed by atoms with Gasteiger partial charge in [0.15, 0.2) is 11.4 Å². The fourth-order valence-electron chi connectivity index (χ4n) is 2.15. The molecular weight excluding hydrogens is 270 g/mol. The van der Waals surface area contributed by atoms with Crippen molar-refractivity contribution in [3.63, 3.8) is 0 Å². The molecule has 2 rings (SSSR count). The number of hydrogen-bond donors (Lipinski definition) is 2. The molecule has 0 atom stereocenters.